The second-order valence-corrected chi connectivity index (χ2v) is 6.71. The van der Waals surface area contributed by atoms with Gasteiger partial charge < -0.3 is 4.90 Å². The molecule has 5 heterocycles. The molecule has 0 aromatic carbocycles. The molecule has 9 nitrogen and oxygen atoms in total. The van der Waals surface area contributed by atoms with E-state index in [1.807, 2.05) is 6.07 Å². The maximum absolute atomic E-state index is 13.1. The molecule has 5 rings (SSSR count). The second kappa shape index (κ2) is 6.11. The van der Waals surface area contributed by atoms with E-state index in [9.17, 15) is 13.2 Å². The highest BCUT2D eigenvalue weighted by atomic mass is 19.4. The molecule has 1 unspecified atom stereocenters. The quantitative estimate of drug-likeness (QED) is 0.518. The van der Waals surface area contributed by atoms with Gasteiger partial charge in [-0.1, -0.05) is 0 Å². The number of anilines is 1. The smallest absolute Gasteiger partial charge is 0.354 e. The molecule has 0 bridgehead atoms. The molecule has 0 amide bonds. The fourth-order valence-electron chi connectivity index (χ4n) is 3.56. The molecule has 1 aliphatic rings. The lowest BCUT2D eigenvalue weighted by Gasteiger charge is -2.32. The number of aromatic nitrogens is 8. The summed E-state index contributed by atoms with van der Waals surface area (Å²) in [7, 11) is 0. The van der Waals surface area contributed by atoms with E-state index in [4.69, 9.17) is 0 Å². The first-order valence-electron chi connectivity index (χ1n) is 8.71. The van der Waals surface area contributed by atoms with Crippen LogP contribution in [-0.4, -0.2) is 52.9 Å². The molecule has 0 radical (unpaired) electrons. The Hall–Kier alpha value is -3.31. The summed E-state index contributed by atoms with van der Waals surface area (Å²) in [4.78, 5) is 2.06. The third-order valence-corrected chi connectivity index (χ3v) is 4.92. The van der Waals surface area contributed by atoms with Gasteiger partial charge in [-0.05, 0) is 47.5 Å². The van der Waals surface area contributed by atoms with Crippen LogP contribution in [0.25, 0.3) is 11.3 Å². The molecule has 4 aromatic heterocycles. The van der Waals surface area contributed by atoms with Crippen molar-refractivity contribution >= 4 is 17.1 Å². The molecular formula is C16H14F3N9. The van der Waals surface area contributed by atoms with Crippen LogP contribution in [0.1, 0.15) is 30.1 Å². The van der Waals surface area contributed by atoms with E-state index in [1.165, 1.54) is 15.1 Å². The number of halogens is 3. The molecule has 28 heavy (non-hydrogen) atoms. The van der Waals surface area contributed by atoms with Crippen LogP contribution in [0.4, 0.5) is 19.0 Å². The van der Waals surface area contributed by atoms with Gasteiger partial charge in [-0.25, -0.2) is 0 Å². The monoisotopic (exact) mass is 389 g/mol. The Morgan fingerprint density at radius 3 is 2.71 bits per heavy atom. The minimum absolute atomic E-state index is 0.0707. The average Bonchev–Trinajstić information content (AvgIpc) is 3.33. The van der Waals surface area contributed by atoms with E-state index in [2.05, 4.69) is 35.7 Å². The maximum atomic E-state index is 13.1. The average molecular weight is 389 g/mol. The van der Waals surface area contributed by atoms with Crippen molar-refractivity contribution in [3.8, 4) is 0 Å². The summed E-state index contributed by atoms with van der Waals surface area (Å²) >= 11 is 0. The summed E-state index contributed by atoms with van der Waals surface area (Å²) in [5.41, 5.74) is 0.216. The molecule has 144 valence electrons. The van der Waals surface area contributed by atoms with Crippen molar-refractivity contribution in [1.29, 1.82) is 0 Å². The van der Waals surface area contributed by atoms with Crippen LogP contribution in [-0.2, 0) is 6.18 Å². The largest absolute Gasteiger partial charge is 0.417 e. The molecule has 12 heteroatoms. The second-order valence-electron chi connectivity index (χ2n) is 6.71. The number of tetrazole rings is 1. The number of rotatable bonds is 2. The lowest BCUT2D eigenvalue weighted by molar-refractivity contribution is -0.137. The maximum Gasteiger partial charge on any atom is 0.417 e. The van der Waals surface area contributed by atoms with Crippen molar-refractivity contribution < 1.29 is 13.2 Å². The van der Waals surface area contributed by atoms with Gasteiger partial charge in [0, 0.05) is 25.2 Å². The van der Waals surface area contributed by atoms with Crippen molar-refractivity contribution in [1.82, 2.24) is 39.9 Å². The van der Waals surface area contributed by atoms with Crippen LogP contribution in [0.15, 0.2) is 30.5 Å². The summed E-state index contributed by atoms with van der Waals surface area (Å²) in [6, 6.07) is 5.96. The van der Waals surface area contributed by atoms with Crippen molar-refractivity contribution in [2.75, 3.05) is 18.0 Å². The Kier molecular flexibility index (Phi) is 3.67. The third kappa shape index (κ3) is 2.80. The fourth-order valence-corrected chi connectivity index (χ4v) is 3.56. The Morgan fingerprint density at radius 2 is 1.86 bits per heavy atom. The molecule has 0 aliphatic carbocycles. The summed E-state index contributed by atoms with van der Waals surface area (Å²) in [6.07, 6.45) is -1.69. The van der Waals surface area contributed by atoms with Gasteiger partial charge >= 0.3 is 6.18 Å². The Balaban J connectivity index is 1.47. The van der Waals surface area contributed by atoms with Gasteiger partial charge in [0.05, 0.1) is 5.56 Å². The standard InChI is InChI=1S/C16H14F3N9/c17-16(18,19)11-3-4-12-20-22-15(27(12)9-11)10-2-1-7-26(8-10)14-6-5-13-21-24-25-28(13)23-14/h3-6,9-10H,1-2,7-8H2. The lowest BCUT2D eigenvalue weighted by atomic mass is 9.97. The number of hydrogen-bond donors (Lipinski definition) is 0. The molecule has 1 saturated heterocycles. The minimum Gasteiger partial charge on any atom is -0.354 e. The summed E-state index contributed by atoms with van der Waals surface area (Å²) in [5, 5.41) is 23.8. The van der Waals surface area contributed by atoms with Crippen molar-refractivity contribution in [3.63, 3.8) is 0 Å². The Morgan fingerprint density at radius 1 is 1.00 bits per heavy atom. The van der Waals surface area contributed by atoms with Crippen LogP contribution < -0.4 is 4.90 Å². The zero-order valence-electron chi connectivity index (χ0n) is 14.5. The molecule has 0 N–H and O–H groups in total. The molecule has 0 saturated carbocycles. The van der Waals surface area contributed by atoms with Gasteiger partial charge in [0.15, 0.2) is 17.1 Å². The first-order chi connectivity index (χ1) is 13.5. The van der Waals surface area contributed by atoms with Crippen LogP contribution in [0.5, 0.6) is 0 Å². The van der Waals surface area contributed by atoms with E-state index in [0.29, 0.717) is 29.5 Å². The Labute approximate surface area is 155 Å². The van der Waals surface area contributed by atoms with E-state index < -0.39 is 11.7 Å². The number of hydrogen-bond acceptors (Lipinski definition) is 7. The third-order valence-electron chi connectivity index (χ3n) is 4.92. The highest BCUT2D eigenvalue weighted by molar-refractivity contribution is 5.46. The van der Waals surface area contributed by atoms with Gasteiger partial charge in [-0.2, -0.15) is 13.2 Å². The van der Waals surface area contributed by atoms with Crippen LogP contribution in [0.3, 0.4) is 0 Å². The van der Waals surface area contributed by atoms with Gasteiger partial charge in [-0.3, -0.25) is 4.40 Å². The molecule has 1 fully saturated rings. The SMILES string of the molecule is FC(F)(F)c1ccc2nnc(C3CCCN(c4ccc5nnnn5n4)C3)n2c1. The zero-order chi connectivity index (χ0) is 19.3. The summed E-state index contributed by atoms with van der Waals surface area (Å²) in [6.45, 7) is 1.35. The fraction of sp³-hybridized carbons (Fsp3) is 0.375. The predicted octanol–water partition coefficient (Wildman–Crippen LogP) is 1.96. The lowest BCUT2D eigenvalue weighted by Crippen LogP contribution is -2.36. The number of nitrogens with zero attached hydrogens (tertiary/aromatic N) is 9. The summed E-state index contributed by atoms with van der Waals surface area (Å²) in [5.74, 6) is 1.15. The van der Waals surface area contributed by atoms with Crippen molar-refractivity contribution in [2.24, 2.45) is 0 Å². The minimum atomic E-state index is -4.42. The van der Waals surface area contributed by atoms with E-state index in [0.717, 1.165) is 31.6 Å². The topological polar surface area (TPSA) is 89.4 Å². The van der Waals surface area contributed by atoms with Crippen molar-refractivity contribution in [3.05, 3.63) is 41.9 Å². The van der Waals surface area contributed by atoms with E-state index >= 15 is 0 Å². The number of piperidine rings is 1. The number of pyridine rings is 1. The first kappa shape index (κ1) is 16.8. The molecule has 0 spiro atoms. The molecular weight excluding hydrogens is 375 g/mol. The zero-order valence-corrected chi connectivity index (χ0v) is 14.5. The summed E-state index contributed by atoms with van der Waals surface area (Å²) < 4.78 is 42.1. The van der Waals surface area contributed by atoms with E-state index in [-0.39, 0.29) is 5.92 Å². The predicted molar refractivity (Wildman–Crippen MR) is 90.8 cm³/mol. The molecule has 1 atom stereocenters. The van der Waals surface area contributed by atoms with Crippen molar-refractivity contribution in [2.45, 2.75) is 24.9 Å². The molecule has 1 aliphatic heterocycles. The molecule has 4 aromatic rings. The van der Waals surface area contributed by atoms with Crippen LogP contribution >= 0.6 is 0 Å². The highest BCUT2D eigenvalue weighted by Gasteiger charge is 2.32. The number of fused-ring (bicyclic) bond motifs is 2. The van der Waals surface area contributed by atoms with Gasteiger partial charge in [0.25, 0.3) is 0 Å². The van der Waals surface area contributed by atoms with Crippen LogP contribution in [0.2, 0.25) is 0 Å². The normalized spacial score (nSPS) is 18.2. The highest BCUT2D eigenvalue weighted by Crippen LogP contribution is 2.32. The van der Waals surface area contributed by atoms with Gasteiger partial charge in [-0.15, -0.1) is 25.0 Å². The van der Waals surface area contributed by atoms with E-state index in [1.54, 1.807) is 6.07 Å². The van der Waals surface area contributed by atoms with Crippen LogP contribution in [0, 0.1) is 0 Å². The Bertz CT molecular complexity index is 1150. The number of alkyl halides is 3. The van der Waals surface area contributed by atoms with Gasteiger partial charge in [0.1, 0.15) is 5.82 Å². The van der Waals surface area contributed by atoms with Gasteiger partial charge in [0.2, 0.25) is 0 Å². The first-order valence-corrected chi connectivity index (χ1v) is 8.71.